The molecular formula is C17H19NO2. The van der Waals surface area contributed by atoms with E-state index in [1.807, 2.05) is 55.5 Å². The summed E-state index contributed by atoms with van der Waals surface area (Å²) >= 11 is 0. The zero-order chi connectivity index (χ0) is 14.4. The van der Waals surface area contributed by atoms with E-state index in [0.29, 0.717) is 17.9 Å². The van der Waals surface area contributed by atoms with Gasteiger partial charge in [-0.3, -0.25) is 4.79 Å². The molecular weight excluding hydrogens is 250 g/mol. The fraction of sp³-hybridized carbons (Fsp3) is 0.235. The Labute approximate surface area is 119 Å². The minimum atomic E-state index is -0.335. The highest BCUT2D eigenvalue weighted by atomic mass is 16.5. The van der Waals surface area contributed by atoms with Crippen molar-refractivity contribution in [2.24, 2.45) is 5.73 Å². The van der Waals surface area contributed by atoms with E-state index in [1.54, 1.807) is 6.07 Å². The molecule has 2 aromatic carbocycles. The van der Waals surface area contributed by atoms with Gasteiger partial charge in [0.2, 0.25) is 0 Å². The van der Waals surface area contributed by atoms with Crippen LogP contribution in [0.15, 0.2) is 54.6 Å². The van der Waals surface area contributed by atoms with Crippen LogP contribution in [-0.2, 0) is 0 Å². The van der Waals surface area contributed by atoms with Gasteiger partial charge in [-0.05, 0) is 24.6 Å². The number of hydrogen-bond acceptors (Lipinski definition) is 3. The highest BCUT2D eigenvalue weighted by Crippen LogP contribution is 2.26. The Morgan fingerprint density at radius 2 is 1.75 bits per heavy atom. The van der Waals surface area contributed by atoms with Gasteiger partial charge in [-0.2, -0.15) is 0 Å². The van der Waals surface area contributed by atoms with Crippen molar-refractivity contribution in [3.8, 4) is 5.75 Å². The molecule has 104 valence electrons. The molecule has 0 bridgehead atoms. The molecule has 1 atom stereocenters. The summed E-state index contributed by atoms with van der Waals surface area (Å²) in [5.41, 5.74) is 7.33. The third kappa shape index (κ3) is 3.06. The monoisotopic (exact) mass is 269 g/mol. The normalized spacial score (nSPS) is 11.9. The van der Waals surface area contributed by atoms with Gasteiger partial charge in [-0.1, -0.05) is 42.5 Å². The van der Waals surface area contributed by atoms with Crippen molar-refractivity contribution in [3.05, 3.63) is 65.7 Å². The predicted octanol–water partition coefficient (Wildman–Crippen LogP) is 3.01. The van der Waals surface area contributed by atoms with E-state index >= 15 is 0 Å². The SMILES string of the molecule is CCOc1ccccc1C(=O)C(CN)c1ccccc1. The summed E-state index contributed by atoms with van der Waals surface area (Å²) < 4.78 is 5.53. The van der Waals surface area contributed by atoms with Crippen LogP contribution in [0.1, 0.15) is 28.8 Å². The third-order valence-corrected chi connectivity index (χ3v) is 3.21. The maximum absolute atomic E-state index is 12.7. The highest BCUT2D eigenvalue weighted by Gasteiger charge is 2.23. The zero-order valence-electron chi connectivity index (χ0n) is 11.6. The number of rotatable bonds is 6. The standard InChI is InChI=1S/C17H19NO2/c1-2-20-16-11-7-6-10-14(16)17(19)15(12-18)13-8-4-3-5-9-13/h3-11,15H,2,12,18H2,1H3. The van der Waals surface area contributed by atoms with E-state index in [0.717, 1.165) is 5.56 Å². The molecule has 2 N–H and O–H groups in total. The highest BCUT2D eigenvalue weighted by molar-refractivity contribution is 6.03. The first-order valence-corrected chi connectivity index (χ1v) is 6.79. The zero-order valence-corrected chi connectivity index (χ0v) is 11.6. The van der Waals surface area contributed by atoms with Crippen molar-refractivity contribution in [2.75, 3.05) is 13.2 Å². The van der Waals surface area contributed by atoms with Crippen LogP contribution in [0.4, 0.5) is 0 Å². The van der Waals surface area contributed by atoms with Crippen molar-refractivity contribution in [3.63, 3.8) is 0 Å². The number of ketones is 1. The van der Waals surface area contributed by atoms with Gasteiger partial charge in [0.15, 0.2) is 5.78 Å². The lowest BCUT2D eigenvalue weighted by Gasteiger charge is -2.16. The van der Waals surface area contributed by atoms with E-state index in [4.69, 9.17) is 10.5 Å². The lowest BCUT2D eigenvalue weighted by Crippen LogP contribution is -2.22. The van der Waals surface area contributed by atoms with Gasteiger partial charge in [-0.25, -0.2) is 0 Å². The van der Waals surface area contributed by atoms with Gasteiger partial charge in [0.05, 0.1) is 18.1 Å². The van der Waals surface area contributed by atoms with E-state index in [-0.39, 0.29) is 18.2 Å². The van der Waals surface area contributed by atoms with Crippen molar-refractivity contribution >= 4 is 5.78 Å². The molecule has 0 spiro atoms. The van der Waals surface area contributed by atoms with Crippen LogP contribution in [0, 0.1) is 0 Å². The maximum atomic E-state index is 12.7. The summed E-state index contributed by atoms with van der Waals surface area (Å²) in [6.45, 7) is 2.71. The summed E-state index contributed by atoms with van der Waals surface area (Å²) in [4.78, 5) is 12.7. The van der Waals surface area contributed by atoms with Gasteiger partial charge >= 0.3 is 0 Å². The third-order valence-electron chi connectivity index (χ3n) is 3.21. The van der Waals surface area contributed by atoms with Gasteiger partial charge in [0, 0.05) is 6.54 Å². The predicted molar refractivity (Wildman–Crippen MR) is 80.2 cm³/mol. The number of ether oxygens (including phenoxy) is 1. The molecule has 0 aromatic heterocycles. The Bertz CT molecular complexity index is 566. The molecule has 0 saturated heterocycles. The molecule has 2 aromatic rings. The molecule has 3 heteroatoms. The van der Waals surface area contributed by atoms with Crippen molar-refractivity contribution in [1.82, 2.24) is 0 Å². The number of hydrogen-bond donors (Lipinski definition) is 1. The maximum Gasteiger partial charge on any atom is 0.175 e. The van der Waals surface area contributed by atoms with Crippen LogP contribution in [0.5, 0.6) is 5.75 Å². The summed E-state index contributed by atoms with van der Waals surface area (Å²) in [5.74, 6) is 0.287. The molecule has 0 aliphatic rings. The molecule has 0 fully saturated rings. The van der Waals surface area contributed by atoms with Crippen molar-refractivity contribution < 1.29 is 9.53 Å². The Morgan fingerprint density at radius 1 is 1.10 bits per heavy atom. The van der Waals surface area contributed by atoms with E-state index in [1.165, 1.54) is 0 Å². The molecule has 20 heavy (non-hydrogen) atoms. The van der Waals surface area contributed by atoms with Crippen LogP contribution < -0.4 is 10.5 Å². The molecule has 1 unspecified atom stereocenters. The average Bonchev–Trinajstić information content (AvgIpc) is 2.50. The quantitative estimate of drug-likeness (QED) is 0.820. The first-order chi connectivity index (χ1) is 9.77. The van der Waals surface area contributed by atoms with Crippen molar-refractivity contribution in [1.29, 1.82) is 0 Å². The Kier molecular flexibility index (Phi) is 4.91. The second kappa shape index (κ2) is 6.87. The van der Waals surface area contributed by atoms with Gasteiger partial charge < -0.3 is 10.5 Å². The number of carbonyl (C=O) groups excluding carboxylic acids is 1. The van der Waals surface area contributed by atoms with Crippen LogP contribution in [-0.4, -0.2) is 18.9 Å². The number of benzene rings is 2. The molecule has 0 heterocycles. The van der Waals surface area contributed by atoms with Crippen LogP contribution >= 0.6 is 0 Å². The van der Waals surface area contributed by atoms with E-state index in [2.05, 4.69) is 0 Å². The minimum absolute atomic E-state index is 0.00255. The number of nitrogens with two attached hydrogens (primary N) is 1. The van der Waals surface area contributed by atoms with Gasteiger partial charge in [0.25, 0.3) is 0 Å². The minimum Gasteiger partial charge on any atom is -0.493 e. The second-order valence-electron chi connectivity index (χ2n) is 4.49. The smallest absolute Gasteiger partial charge is 0.175 e. The largest absolute Gasteiger partial charge is 0.493 e. The van der Waals surface area contributed by atoms with Gasteiger partial charge in [-0.15, -0.1) is 0 Å². The van der Waals surface area contributed by atoms with E-state index in [9.17, 15) is 4.79 Å². The molecule has 2 rings (SSSR count). The molecule has 0 aliphatic heterocycles. The second-order valence-corrected chi connectivity index (χ2v) is 4.49. The molecule has 0 amide bonds. The van der Waals surface area contributed by atoms with Crippen molar-refractivity contribution in [2.45, 2.75) is 12.8 Å². The van der Waals surface area contributed by atoms with E-state index < -0.39 is 0 Å². The first-order valence-electron chi connectivity index (χ1n) is 6.79. The first kappa shape index (κ1) is 14.3. The van der Waals surface area contributed by atoms with Gasteiger partial charge in [0.1, 0.15) is 5.75 Å². The Hall–Kier alpha value is -2.13. The fourth-order valence-corrected chi connectivity index (χ4v) is 2.22. The van der Waals surface area contributed by atoms with Crippen LogP contribution in [0.25, 0.3) is 0 Å². The number of para-hydroxylation sites is 1. The number of carbonyl (C=O) groups is 1. The Balaban J connectivity index is 2.34. The summed E-state index contributed by atoms with van der Waals surface area (Å²) in [5, 5.41) is 0. The average molecular weight is 269 g/mol. The summed E-state index contributed by atoms with van der Waals surface area (Å²) in [6.07, 6.45) is 0. The molecule has 0 radical (unpaired) electrons. The Morgan fingerprint density at radius 3 is 2.40 bits per heavy atom. The summed E-state index contributed by atoms with van der Waals surface area (Å²) in [6, 6.07) is 16.9. The number of Topliss-reactive ketones (excluding diaryl/α,β-unsaturated/α-hetero) is 1. The van der Waals surface area contributed by atoms with Crippen LogP contribution in [0.3, 0.4) is 0 Å². The molecule has 0 saturated carbocycles. The lowest BCUT2D eigenvalue weighted by atomic mass is 9.90. The lowest BCUT2D eigenvalue weighted by molar-refractivity contribution is 0.0958. The fourth-order valence-electron chi connectivity index (χ4n) is 2.22. The summed E-state index contributed by atoms with van der Waals surface area (Å²) in [7, 11) is 0. The molecule has 3 nitrogen and oxygen atoms in total. The topological polar surface area (TPSA) is 52.3 Å². The van der Waals surface area contributed by atoms with Crippen LogP contribution in [0.2, 0.25) is 0 Å². The molecule has 0 aliphatic carbocycles.